The van der Waals surface area contributed by atoms with E-state index in [9.17, 15) is 9.59 Å². The van der Waals surface area contributed by atoms with Crippen LogP contribution in [0.25, 0.3) is 6.08 Å². The fraction of sp³-hybridized carbons (Fsp3) is 0.235. The van der Waals surface area contributed by atoms with Gasteiger partial charge in [0, 0.05) is 11.5 Å². The lowest BCUT2D eigenvalue weighted by Crippen LogP contribution is -2.52. The Hall–Kier alpha value is -2.37. The summed E-state index contributed by atoms with van der Waals surface area (Å²) in [6, 6.07) is 3.34. The van der Waals surface area contributed by atoms with E-state index in [1.54, 1.807) is 12.1 Å². The minimum Gasteiger partial charge on any atom is -0.490 e. The second kappa shape index (κ2) is 8.14. The first kappa shape index (κ1) is 19.0. The molecule has 1 fully saturated rings. The number of rotatable bonds is 5. The van der Waals surface area contributed by atoms with Gasteiger partial charge in [0.2, 0.25) is 0 Å². The maximum absolute atomic E-state index is 12.3. The van der Waals surface area contributed by atoms with Crippen molar-refractivity contribution >= 4 is 51.2 Å². The second-order valence-corrected chi connectivity index (χ2v) is 6.17. The monoisotopic (exact) mass is 422 g/mol. The van der Waals surface area contributed by atoms with Gasteiger partial charge in [-0.3, -0.25) is 19.8 Å². The largest absolute Gasteiger partial charge is 0.490 e. The zero-order valence-corrected chi connectivity index (χ0v) is 16.0. The highest BCUT2D eigenvalue weighted by molar-refractivity contribution is 9.10. The molecule has 25 heavy (non-hydrogen) atoms. The Morgan fingerprint density at radius 2 is 2.04 bits per heavy atom. The highest BCUT2D eigenvalue weighted by Gasteiger charge is 2.31. The van der Waals surface area contributed by atoms with Crippen LogP contribution in [-0.4, -0.2) is 42.1 Å². The number of halogens is 1. The SMILES string of the molecule is C#CCOc1cc(Br)c(/C=C2/C(=O)NC(=S)N(C)C2=O)cc1OCC. The van der Waals surface area contributed by atoms with Gasteiger partial charge in [0.15, 0.2) is 16.6 Å². The summed E-state index contributed by atoms with van der Waals surface area (Å²) >= 11 is 8.33. The molecule has 2 amide bonds. The van der Waals surface area contributed by atoms with Gasteiger partial charge >= 0.3 is 0 Å². The molecule has 0 unspecified atom stereocenters. The summed E-state index contributed by atoms with van der Waals surface area (Å²) in [5, 5.41) is 2.53. The molecule has 8 heteroatoms. The number of carbonyl (C=O) groups is 2. The van der Waals surface area contributed by atoms with Crippen molar-refractivity contribution in [3.8, 4) is 23.8 Å². The molecule has 6 nitrogen and oxygen atoms in total. The van der Waals surface area contributed by atoms with Gasteiger partial charge in [0.25, 0.3) is 11.8 Å². The Morgan fingerprint density at radius 1 is 1.36 bits per heavy atom. The van der Waals surface area contributed by atoms with Gasteiger partial charge in [0.05, 0.1) is 6.61 Å². The average Bonchev–Trinajstić information content (AvgIpc) is 2.57. The first-order chi connectivity index (χ1) is 11.9. The van der Waals surface area contributed by atoms with Crippen molar-refractivity contribution in [3.63, 3.8) is 0 Å². The number of terminal acetylenes is 1. The predicted octanol–water partition coefficient (Wildman–Crippen LogP) is 2.12. The Balaban J connectivity index is 2.46. The van der Waals surface area contributed by atoms with Gasteiger partial charge in [-0.25, -0.2) is 0 Å². The second-order valence-electron chi connectivity index (χ2n) is 4.93. The Bertz CT molecular complexity index is 814. The molecule has 1 saturated heterocycles. The van der Waals surface area contributed by atoms with Crippen LogP contribution in [0.4, 0.5) is 0 Å². The number of hydrogen-bond acceptors (Lipinski definition) is 5. The molecule has 0 aromatic heterocycles. The van der Waals surface area contributed by atoms with Crippen LogP contribution < -0.4 is 14.8 Å². The molecule has 130 valence electrons. The van der Waals surface area contributed by atoms with Crippen molar-refractivity contribution in [2.75, 3.05) is 20.3 Å². The van der Waals surface area contributed by atoms with Crippen LogP contribution in [-0.2, 0) is 9.59 Å². The number of benzene rings is 1. The maximum atomic E-state index is 12.3. The molecule has 1 N–H and O–H groups in total. The van der Waals surface area contributed by atoms with Gasteiger partial charge in [-0.1, -0.05) is 21.9 Å². The molecule has 1 aliphatic heterocycles. The topological polar surface area (TPSA) is 67.9 Å². The third-order valence-electron chi connectivity index (χ3n) is 3.28. The van der Waals surface area contributed by atoms with Crippen molar-refractivity contribution in [3.05, 3.63) is 27.7 Å². The summed E-state index contributed by atoms with van der Waals surface area (Å²) < 4.78 is 11.6. The van der Waals surface area contributed by atoms with Crippen molar-refractivity contribution in [1.82, 2.24) is 10.2 Å². The maximum Gasteiger partial charge on any atom is 0.265 e. The summed E-state index contributed by atoms with van der Waals surface area (Å²) in [6.07, 6.45) is 6.68. The molecule has 0 bridgehead atoms. The molecule has 0 aliphatic carbocycles. The molecular formula is C17H15BrN2O4S. The molecule has 0 radical (unpaired) electrons. The number of carbonyl (C=O) groups excluding carboxylic acids is 2. The zero-order valence-electron chi connectivity index (χ0n) is 13.6. The lowest BCUT2D eigenvalue weighted by atomic mass is 10.1. The fourth-order valence-corrected chi connectivity index (χ4v) is 2.68. The number of nitrogens with zero attached hydrogens (tertiary/aromatic N) is 1. The number of likely N-dealkylation sites (N-methyl/N-ethyl adjacent to an activating group) is 1. The smallest absolute Gasteiger partial charge is 0.265 e. The van der Waals surface area contributed by atoms with E-state index in [0.29, 0.717) is 28.1 Å². The Kier molecular flexibility index (Phi) is 6.17. The van der Waals surface area contributed by atoms with Gasteiger partial charge in [0.1, 0.15) is 12.2 Å². The van der Waals surface area contributed by atoms with E-state index in [4.69, 9.17) is 28.1 Å². The number of thiocarbonyl (C=S) groups is 1. The van der Waals surface area contributed by atoms with E-state index < -0.39 is 11.8 Å². The molecule has 0 saturated carbocycles. The third kappa shape index (κ3) is 4.18. The van der Waals surface area contributed by atoms with Crippen LogP contribution in [0.3, 0.4) is 0 Å². The van der Waals surface area contributed by atoms with E-state index in [-0.39, 0.29) is 17.3 Å². The van der Waals surface area contributed by atoms with E-state index in [1.165, 1.54) is 18.0 Å². The molecule has 1 aliphatic rings. The highest BCUT2D eigenvalue weighted by atomic mass is 79.9. The summed E-state index contributed by atoms with van der Waals surface area (Å²) in [6.45, 7) is 2.34. The van der Waals surface area contributed by atoms with Gasteiger partial charge in [-0.15, -0.1) is 6.42 Å². The van der Waals surface area contributed by atoms with Gasteiger partial charge < -0.3 is 9.47 Å². The Labute approximate surface area is 159 Å². The van der Waals surface area contributed by atoms with Crippen LogP contribution in [0.15, 0.2) is 22.2 Å². The first-order valence-electron chi connectivity index (χ1n) is 7.26. The first-order valence-corrected chi connectivity index (χ1v) is 8.46. The van der Waals surface area contributed by atoms with Crippen molar-refractivity contribution in [2.45, 2.75) is 6.92 Å². The number of nitrogens with one attached hydrogen (secondary N) is 1. The summed E-state index contributed by atoms with van der Waals surface area (Å²) in [5.74, 6) is 2.28. The number of hydrogen-bond donors (Lipinski definition) is 1. The molecule has 2 rings (SSSR count). The minimum absolute atomic E-state index is 0.0310. The van der Waals surface area contributed by atoms with Crippen LogP contribution in [0.1, 0.15) is 12.5 Å². The summed E-state index contributed by atoms with van der Waals surface area (Å²) in [4.78, 5) is 25.6. The lowest BCUT2D eigenvalue weighted by Gasteiger charge is -2.25. The zero-order chi connectivity index (χ0) is 18.6. The number of amides is 2. The average molecular weight is 423 g/mol. The highest BCUT2D eigenvalue weighted by Crippen LogP contribution is 2.35. The standard InChI is InChI=1S/C17H15BrN2O4S/c1-4-6-24-14-9-12(18)10(8-13(14)23-5-2)7-11-15(21)19-17(25)20(3)16(11)22/h1,7-9H,5-6H2,2-3H3,(H,19,21,25)/b11-7-. The predicted molar refractivity (Wildman–Crippen MR) is 101 cm³/mol. The summed E-state index contributed by atoms with van der Waals surface area (Å²) in [7, 11) is 1.50. The van der Waals surface area contributed by atoms with Crippen molar-refractivity contribution in [1.29, 1.82) is 0 Å². The molecular weight excluding hydrogens is 408 g/mol. The Morgan fingerprint density at radius 3 is 2.68 bits per heavy atom. The van der Waals surface area contributed by atoms with E-state index in [2.05, 4.69) is 27.2 Å². The third-order valence-corrected chi connectivity index (χ3v) is 4.34. The van der Waals surface area contributed by atoms with Crippen LogP contribution in [0.5, 0.6) is 11.5 Å². The van der Waals surface area contributed by atoms with Crippen LogP contribution >= 0.6 is 28.1 Å². The quantitative estimate of drug-likeness (QED) is 0.340. The van der Waals surface area contributed by atoms with E-state index in [0.717, 1.165) is 0 Å². The molecule has 1 aromatic rings. The molecule has 0 spiro atoms. The molecule has 1 aromatic carbocycles. The van der Waals surface area contributed by atoms with Gasteiger partial charge in [-0.2, -0.15) is 0 Å². The fourth-order valence-electron chi connectivity index (χ4n) is 2.06. The van der Waals surface area contributed by atoms with Gasteiger partial charge in [-0.05, 0) is 42.9 Å². The van der Waals surface area contributed by atoms with Crippen LogP contribution in [0, 0.1) is 12.3 Å². The normalized spacial score (nSPS) is 15.8. The van der Waals surface area contributed by atoms with Crippen molar-refractivity contribution < 1.29 is 19.1 Å². The van der Waals surface area contributed by atoms with Crippen LogP contribution in [0.2, 0.25) is 0 Å². The van der Waals surface area contributed by atoms with E-state index >= 15 is 0 Å². The lowest BCUT2D eigenvalue weighted by molar-refractivity contribution is -0.128. The van der Waals surface area contributed by atoms with Crippen molar-refractivity contribution in [2.24, 2.45) is 0 Å². The minimum atomic E-state index is -0.550. The summed E-state index contributed by atoms with van der Waals surface area (Å²) in [5.41, 5.74) is 0.549. The number of ether oxygens (including phenoxy) is 2. The molecule has 0 atom stereocenters. The molecule has 1 heterocycles. The van der Waals surface area contributed by atoms with E-state index in [1.807, 2.05) is 6.92 Å².